The molecule has 2 aromatic heterocycles. The van der Waals surface area contributed by atoms with Crippen LogP contribution >= 0.6 is 0 Å². The summed E-state index contributed by atoms with van der Waals surface area (Å²) in [6.07, 6.45) is 0. The molecule has 0 aliphatic carbocycles. The number of aromatic nitrogens is 2. The number of nitrogens with zero attached hydrogens (tertiary/aromatic N) is 3. The van der Waals surface area contributed by atoms with Gasteiger partial charge in [-0.15, -0.1) is 0 Å². The van der Waals surface area contributed by atoms with Crippen LogP contribution in [0.15, 0.2) is 229 Å². The first kappa shape index (κ1) is 34.8. The summed E-state index contributed by atoms with van der Waals surface area (Å²) >= 11 is 0. The Kier molecular flexibility index (Phi) is 8.13. The summed E-state index contributed by atoms with van der Waals surface area (Å²) in [5, 5.41) is 7.07. The van der Waals surface area contributed by atoms with Gasteiger partial charge in [0.05, 0.1) is 11.0 Å². The minimum absolute atomic E-state index is 0.624. The summed E-state index contributed by atoms with van der Waals surface area (Å²) in [6.45, 7) is 0. The molecule has 0 bridgehead atoms. The van der Waals surface area contributed by atoms with Crippen LogP contribution in [0.4, 0.5) is 17.1 Å². The average molecular weight is 780 g/mol. The highest BCUT2D eigenvalue weighted by Crippen LogP contribution is 2.42. The Morgan fingerprint density at radius 3 is 1.74 bits per heavy atom. The van der Waals surface area contributed by atoms with E-state index in [4.69, 9.17) is 9.40 Å². The Bertz CT molecular complexity index is 3570. The summed E-state index contributed by atoms with van der Waals surface area (Å²) in [6, 6.07) is 80.1. The molecule has 2 heterocycles. The van der Waals surface area contributed by atoms with Gasteiger partial charge in [-0.1, -0.05) is 140 Å². The van der Waals surface area contributed by atoms with Crippen molar-refractivity contribution >= 4 is 71.5 Å². The number of anilines is 3. The number of para-hydroxylation sites is 2. The molecule has 0 fully saturated rings. The number of hydrogen-bond donors (Lipinski definition) is 0. The van der Waals surface area contributed by atoms with Gasteiger partial charge < -0.3 is 13.9 Å². The standard InChI is InChI=1S/C57H37N3O/c1-3-14-41(15-4-1)57-58-53-37-51(48-19-9-10-21-50(48)56(53)61-57)40-27-31-46(32-28-40)59(45-29-25-39(26-30-45)43-24-23-38-13-7-8-16-42(38)35-43)47-33-34-55-52(36-47)49-20-11-12-22-54(49)60(55)44-17-5-2-6-18-44/h1-37H. The minimum atomic E-state index is 0.624. The van der Waals surface area contributed by atoms with Crippen LogP contribution in [0.2, 0.25) is 0 Å². The number of oxazole rings is 1. The molecular formula is C57H37N3O. The second-order valence-corrected chi connectivity index (χ2v) is 15.6. The third kappa shape index (κ3) is 5.96. The Balaban J connectivity index is 0.995. The van der Waals surface area contributed by atoms with Crippen LogP contribution in [0.3, 0.4) is 0 Å². The zero-order chi connectivity index (χ0) is 40.3. The summed E-state index contributed by atoms with van der Waals surface area (Å²) in [7, 11) is 0. The van der Waals surface area contributed by atoms with Gasteiger partial charge in [-0.05, 0) is 123 Å². The van der Waals surface area contributed by atoms with Gasteiger partial charge in [0.25, 0.3) is 0 Å². The van der Waals surface area contributed by atoms with E-state index in [1.54, 1.807) is 0 Å². The first-order chi connectivity index (χ1) is 30.2. The molecular weight excluding hydrogens is 743 g/mol. The second-order valence-electron chi connectivity index (χ2n) is 15.6. The number of fused-ring (bicyclic) bond motifs is 7. The molecule has 4 heteroatoms. The van der Waals surface area contributed by atoms with Crippen LogP contribution in [0, 0.1) is 0 Å². The molecule has 12 aromatic rings. The molecule has 4 nitrogen and oxygen atoms in total. The maximum absolute atomic E-state index is 6.43. The van der Waals surface area contributed by atoms with Crippen LogP contribution in [0.5, 0.6) is 0 Å². The average Bonchev–Trinajstić information content (AvgIpc) is 3.92. The quantitative estimate of drug-likeness (QED) is 0.162. The molecule has 0 aliphatic heterocycles. The van der Waals surface area contributed by atoms with Crippen molar-refractivity contribution in [3.8, 4) is 39.4 Å². The second kappa shape index (κ2) is 14.3. The maximum Gasteiger partial charge on any atom is 0.227 e. The first-order valence-corrected chi connectivity index (χ1v) is 20.7. The lowest BCUT2D eigenvalue weighted by Crippen LogP contribution is -2.10. The van der Waals surface area contributed by atoms with Crippen LogP contribution in [-0.2, 0) is 0 Å². The van der Waals surface area contributed by atoms with Gasteiger partial charge in [0.2, 0.25) is 5.89 Å². The molecule has 0 atom stereocenters. The molecule has 0 amide bonds. The van der Waals surface area contributed by atoms with Crippen molar-refractivity contribution in [1.29, 1.82) is 0 Å². The van der Waals surface area contributed by atoms with E-state index >= 15 is 0 Å². The third-order valence-corrected chi connectivity index (χ3v) is 12.0. The van der Waals surface area contributed by atoms with Gasteiger partial charge in [-0.25, -0.2) is 4.98 Å². The lowest BCUT2D eigenvalue weighted by molar-refractivity contribution is 0.623. The zero-order valence-corrected chi connectivity index (χ0v) is 33.1. The van der Waals surface area contributed by atoms with E-state index in [9.17, 15) is 0 Å². The maximum atomic E-state index is 6.43. The van der Waals surface area contributed by atoms with Crippen molar-refractivity contribution in [2.24, 2.45) is 0 Å². The van der Waals surface area contributed by atoms with Gasteiger partial charge in [-0.3, -0.25) is 0 Å². The van der Waals surface area contributed by atoms with Crippen molar-refractivity contribution in [2.75, 3.05) is 4.90 Å². The highest BCUT2D eigenvalue weighted by molar-refractivity contribution is 6.12. The highest BCUT2D eigenvalue weighted by atomic mass is 16.3. The van der Waals surface area contributed by atoms with Crippen LogP contribution in [0.1, 0.15) is 0 Å². The summed E-state index contributed by atoms with van der Waals surface area (Å²) in [5.41, 5.74) is 13.9. The van der Waals surface area contributed by atoms with Gasteiger partial charge in [0.1, 0.15) is 5.52 Å². The normalized spacial score (nSPS) is 11.6. The smallest absolute Gasteiger partial charge is 0.227 e. The summed E-state index contributed by atoms with van der Waals surface area (Å²) in [4.78, 5) is 7.35. The molecule has 286 valence electrons. The first-order valence-electron chi connectivity index (χ1n) is 20.7. The summed E-state index contributed by atoms with van der Waals surface area (Å²) < 4.78 is 8.79. The molecule has 0 radical (unpaired) electrons. The fourth-order valence-corrected chi connectivity index (χ4v) is 9.06. The highest BCUT2D eigenvalue weighted by Gasteiger charge is 2.19. The lowest BCUT2D eigenvalue weighted by Gasteiger charge is -2.26. The topological polar surface area (TPSA) is 34.2 Å². The Morgan fingerprint density at radius 1 is 0.377 bits per heavy atom. The van der Waals surface area contributed by atoms with Crippen molar-refractivity contribution in [3.63, 3.8) is 0 Å². The van der Waals surface area contributed by atoms with E-state index in [2.05, 4.69) is 204 Å². The zero-order valence-electron chi connectivity index (χ0n) is 33.1. The van der Waals surface area contributed by atoms with E-state index in [1.165, 1.54) is 43.7 Å². The summed E-state index contributed by atoms with van der Waals surface area (Å²) in [5.74, 6) is 0.624. The van der Waals surface area contributed by atoms with E-state index in [0.29, 0.717) is 5.89 Å². The number of hydrogen-bond acceptors (Lipinski definition) is 3. The fourth-order valence-electron chi connectivity index (χ4n) is 9.06. The molecule has 0 spiro atoms. The van der Waals surface area contributed by atoms with Crippen LogP contribution in [0.25, 0.3) is 93.8 Å². The minimum Gasteiger partial charge on any atom is -0.435 e. The molecule has 0 saturated heterocycles. The van der Waals surface area contributed by atoms with Crippen LogP contribution < -0.4 is 4.90 Å². The number of rotatable bonds is 7. The van der Waals surface area contributed by atoms with Crippen molar-refractivity contribution in [1.82, 2.24) is 9.55 Å². The Morgan fingerprint density at radius 2 is 0.967 bits per heavy atom. The molecule has 0 N–H and O–H groups in total. The molecule has 0 unspecified atom stereocenters. The number of benzene rings is 10. The molecule has 12 rings (SSSR count). The predicted octanol–water partition coefficient (Wildman–Crippen LogP) is 15.7. The third-order valence-electron chi connectivity index (χ3n) is 12.0. The van der Waals surface area contributed by atoms with Gasteiger partial charge in [0, 0.05) is 44.5 Å². The Hall–Kier alpha value is -8.21. The predicted molar refractivity (Wildman–Crippen MR) is 254 cm³/mol. The van der Waals surface area contributed by atoms with Gasteiger partial charge >= 0.3 is 0 Å². The van der Waals surface area contributed by atoms with Gasteiger partial charge in [0.15, 0.2) is 5.58 Å². The SMILES string of the molecule is c1ccc(-c2nc3cc(-c4ccc(N(c5ccc(-c6ccc7ccccc7c6)cc5)c5ccc6c(c5)c5ccccc5n6-c5ccccc5)cc4)c4ccccc4c3o2)cc1. The van der Waals surface area contributed by atoms with Crippen molar-refractivity contribution in [3.05, 3.63) is 224 Å². The Labute approximate surface area is 352 Å². The fraction of sp³-hybridized carbons (Fsp3) is 0. The lowest BCUT2D eigenvalue weighted by atomic mass is 9.97. The monoisotopic (exact) mass is 779 g/mol. The van der Waals surface area contributed by atoms with Crippen molar-refractivity contribution < 1.29 is 4.42 Å². The van der Waals surface area contributed by atoms with Gasteiger partial charge in [-0.2, -0.15) is 0 Å². The molecule has 61 heavy (non-hydrogen) atoms. The molecule has 0 saturated carbocycles. The van der Waals surface area contributed by atoms with Crippen LogP contribution in [-0.4, -0.2) is 9.55 Å². The van der Waals surface area contributed by atoms with Crippen molar-refractivity contribution in [2.45, 2.75) is 0 Å². The van der Waals surface area contributed by atoms with E-state index < -0.39 is 0 Å². The van der Waals surface area contributed by atoms with E-state index in [-0.39, 0.29) is 0 Å². The molecule has 0 aliphatic rings. The van der Waals surface area contributed by atoms with E-state index in [0.717, 1.165) is 61.3 Å². The van der Waals surface area contributed by atoms with E-state index in [1.807, 2.05) is 30.3 Å². The molecule has 10 aromatic carbocycles. The largest absolute Gasteiger partial charge is 0.435 e.